The van der Waals surface area contributed by atoms with Gasteiger partial charge in [-0.05, 0) is 57.0 Å². The quantitative estimate of drug-likeness (QED) is 0.647. The minimum absolute atomic E-state index is 0.106. The fraction of sp³-hybridized carbons (Fsp3) is 0.583. The van der Waals surface area contributed by atoms with Crippen LogP contribution in [0.3, 0.4) is 0 Å². The highest BCUT2D eigenvalue weighted by Crippen LogP contribution is 2.34. The lowest BCUT2D eigenvalue weighted by atomic mass is 9.89. The standard InChI is InChI=1S/C24H33N7O2/c1-24(2,3)31-16-18(14-25-31)22(32)17-5-4-8-30(15-17)23-20-7-6-19(13-21(20)26-28-27-23)29-9-11-33-12-10-29/h6-7,13-14,16-17,22,32H,4-5,8-12,15H2,1-3H3/t17-,22?/m0/s1. The lowest BCUT2D eigenvalue weighted by Gasteiger charge is -2.35. The summed E-state index contributed by atoms with van der Waals surface area (Å²) in [7, 11) is 0. The monoisotopic (exact) mass is 451 g/mol. The van der Waals surface area contributed by atoms with Gasteiger partial charge in [-0.25, -0.2) is 0 Å². The number of morpholine rings is 1. The number of benzene rings is 1. The first-order valence-electron chi connectivity index (χ1n) is 11.8. The first-order chi connectivity index (χ1) is 15.9. The Morgan fingerprint density at radius 2 is 1.91 bits per heavy atom. The normalized spacial score (nSPS) is 20.9. The Bertz CT molecular complexity index is 1100. The summed E-state index contributed by atoms with van der Waals surface area (Å²) in [6, 6.07) is 6.33. The molecule has 176 valence electrons. The first kappa shape index (κ1) is 22.0. The summed E-state index contributed by atoms with van der Waals surface area (Å²) in [4.78, 5) is 4.56. The van der Waals surface area contributed by atoms with Crippen molar-refractivity contribution in [3.05, 3.63) is 36.2 Å². The van der Waals surface area contributed by atoms with Crippen LogP contribution in [0.2, 0.25) is 0 Å². The van der Waals surface area contributed by atoms with Gasteiger partial charge in [0.05, 0.1) is 31.1 Å². The van der Waals surface area contributed by atoms with Gasteiger partial charge < -0.3 is 19.6 Å². The van der Waals surface area contributed by atoms with Gasteiger partial charge in [0.15, 0.2) is 5.82 Å². The van der Waals surface area contributed by atoms with Crippen LogP contribution in [-0.4, -0.2) is 69.7 Å². The van der Waals surface area contributed by atoms with E-state index < -0.39 is 6.10 Å². The largest absolute Gasteiger partial charge is 0.388 e. The Labute approximate surface area is 194 Å². The van der Waals surface area contributed by atoms with Gasteiger partial charge in [0.1, 0.15) is 5.52 Å². The number of fused-ring (bicyclic) bond motifs is 1. The highest BCUT2D eigenvalue weighted by Gasteiger charge is 2.30. The van der Waals surface area contributed by atoms with E-state index in [1.807, 2.05) is 10.9 Å². The van der Waals surface area contributed by atoms with Crippen LogP contribution in [0.15, 0.2) is 30.6 Å². The van der Waals surface area contributed by atoms with Crippen molar-refractivity contribution < 1.29 is 9.84 Å². The number of piperidine rings is 1. The molecule has 2 saturated heterocycles. The van der Waals surface area contributed by atoms with E-state index in [0.29, 0.717) is 0 Å². The summed E-state index contributed by atoms with van der Waals surface area (Å²) in [5.41, 5.74) is 2.75. The number of nitrogens with zero attached hydrogens (tertiary/aromatic N) is 7. The zero-order valence-corrected chi connectivity index (χ0v) is 19.7. The maximum atomic E-state index is 11.1. The molecule has 33 heavy (non-hydrogen) atoms. The summed E-state index contributed by atoms with van der Waals surface area (Å²) < 4.78 is 7.39. The molecule has 0 radical (unpaired) electrons. The molecule has 0 amide bonds. The van der Waals surface area contributed by atoms with Crippen molar-refractivity contribution in [3.63, 3.8) is 0 Å². The maximum Gasteiger partial charge on any atom is 0.162 e. The molecule has 4 heterocycles. The molecular weight excluding hydrogens is 418 g/mol. The molecule has 2 aliphatic rings. The molecule has 1 N–H and O–H groups in total. The highest BCUT2D eigenvalue weighted by atomic mass is 16.5. The van der Waals surface area contributed by atoms with Crippen LogP contribution in [0.1, 0.15) is 45.3 Å². The Morgan fingerprint density at radius 3 is 2.67 bits per heavy atom. The molecule has 0 spiro atoms. The first-order valence-corrected chi connectivity index (χ1v) is 11.8. The molecule has 9 nitrogen and oxygen atoms in total. The average Bonchev–Trinajstić information content (AvgIpc) is 3.35. The summed E-state index contributed by atoms with van der Waals surface area (Å²) in [6.07, 6.45) is 5.17. The van der Waals surface area contributed by atoms with Gasteiger partial charge in [0, 0.05) is 54.9 Å². The minimum atomic E-state index is -0.558. The fourth-order valence-electron chi connectivity index (χ4n) is 4.80. The molecule has 2 aromatic heterocycles. The van der Waals surface area contributed by atoms with E-state index >= 15 is 0 Å². The van der Waals surface area contributed by atoms with Crippen molar-refractivity contribution in [2.24, 2.45) is 5.92 Å². The second-order valence-electron chi connectivity index (χ2n) is 10.1. The highest BCUT2D eigenvalue weighted by molar-refractivity contribution is 5.91. The topological polar surface area (TPSA) is 92.4 Å². The molecular formula is C24H33N7O2. The second kappa shape index (κ2) is 8.87. The lowest BCUT2D eigenvalue weighted by Crippen LogP contribution is -2.38. The fourth-order valence-corrected chi connectivity index (χ4v) is 4.80. The summed E-state index contributed by atoms with van der Waals surface area (Å²) >= 11 is 0. The third-order valence-electron chi connectivity index (χ3n) is 6.73. The SMILES string of the molecule is CC(C)(C)n1cc(C(O)[C@H]2CCCN(c3nnnc4cc(N5CCOCC5)ccc34)C2)cn1. The minimum Gasteiger partial charge on any atom is -0.388 e. The Balaban J connectivity index is 1.36. The zero-order chi connectivity index (χ0) is 23.0. The van der Waals surface area contributed by atoms with Crippen molar-refractivity contribution in [1.82, 2.24) is 25.2 Å². The van der Waals surface area contributed by atoms with Gasteiger partial charge in [0.2, 0.25) is 0 Å². The Kier molecular flexibility index (Phi) is 5.92. The van der Waals surface area contributed by atoms with E-state index in [-0.39, 0.29) is 11.5 Å². The van der Waals surface area contributed by atoms with Gasteiger partial charge in [-0.3, -0.25) is 4.68 Å². The van der Waals surface area contributed by atoms with Crippen LogP contribution < -0.4 is 9.80 Å². The van der Waals surface area contributed by atoms with Gasteiger partial charge in [-0.15, -0.1) is 10.2 Å². The van der Waals surface area contributed by atoms with Crippen LogP contribution in [0.4, 0.5) is 11.5 Å². The van der Waals surface area contributed by atoms with E-state index in [4.69, 9.17) is 4.74 Å². The van der Waals surface area contributed by atoms with Crippen LogP contribution >= 0.6 is 0 Å². The molecule has 0 bridgehead atoms. The van der Waals surface area contributed by atoms with Crippen molar-refractivity contribution in [2.75, 3.05) is 49.2 Å². The third-order valence-corrected chi connectivity index (χ3v) is 6.73. The predicted molar refractivity (Wildman–Crippen MR) is 127 cm³/mol. The number of ether oxygens (including phenoxy) is 1. The molecule has 9 heteroatoms. The van der Waals surface area contributed by atoms with Gasteiger partial charge >= 0.3 is 0 Å². The number of aliphatic hydroxyl groups is 1. The molecule has 0 saturated carbocycles. The average molecular weight is 452 g/mol. The van der Waals surface area contributed by atoms with E-state index in [2.05, 4.69) is 69.3 Å². The summed E-state index contributed by atoms with van der Waals surface area (Å²) in [6.45, 7) is 11.2. The molecule has 1 unspecified atom stereocenters. The van der Waals surface area contributed by atoms with Crippen molar-refractivity contribution in [2.45, 2.75) is 45.3 Å². The van der Waals surface area contributed by atoms with Crippen molar-refractivity contribution in [3.8, 4) is 0 Å². The summed E-state index contributed by atoms with van der Waals surface area (Å²) in [5, 5.41) is 29.4. The lowest BCUT2D eigenvalue weighted by molar-refractivity contribution is 0.0978. The number of hydrogen-bond acceptors (Lipinski definition) is 8. The number of aliphatic hydroxyl groups excluding tert-OH is 1. The number of aromatic nitrogens is 5. The van der Waals surface area contributed by atoms with Crippen molar-refractivity contribution >= 4 is 22.4 Å². The predicted octanol–water partition coefficient (Wildman–Crippen LogP) is 2.76. The van der Waals surface area contributed by atoms with Gasteiger partial charge in [-0.1, -0.05) is 0 Å². The van der Waals surface area contributed by atoms with Crippen LogP contribution in [0.5, 0.6) is 0 Å². The molecule has 0 aliphatic carbocycles. The van der Waals surface area contributed by atoms with E-state index in [9.17, 15) is 5.11 Å². The number of rotatable bonds is 4. The molecule has 2 atom stereocenters. The molecule has 2 aliphatic heterocycles. The molecule has 2 fully saturated rings. The van der Waals surface area contributed by atoms with Crippen LogP contribution in [0.25, 0.3) is 10.9 Å². The van der Waals surface area contributed by atoms with E-state index in [1.165, 1.54) is 0 Å². The van der Waals surface area contributed by atoms with Gasteiger partial charge in [0.25, 0.3) is 0 Å². The number of anilines is 2. The second-order valence-corrected chi connectivity index (χ2v) is 10.1. The van der Waals surface area contributed by atoms with Crippen LogP contribution in [0, 0.1) is 5.92 Å². The molecule has 1 aromatic carbocycles. The van der Waals surface area contributed by atoms with Crippen molar-refractivity contribution in [1.29, 1.82) is 0 Å². The Morgan fingerprint density at radius 1 is 1.09 bits per heavy atom. The van der Waals surface area contributed by atoms with Gasteiger partial charge in [-0.2, -0.15) is 5.10 Å². The van der Waals surface area contributed by atoms with E-state index in [0.717, 1.165) is 80.2 Å². The number of hydrogen-bond donors (Lipinski definition) is 1. The summed E-state index contributed by atoms with van der Waals surface area (Å²) in [5.74, 6) is 0.949. The zero-order valence-electron chi connectivity index (χ0n) is 19.7. The van der Waals surface area contributed by atoms with Crippen LogP contribution in [-0.2, 0) is 10.3 Å². The maximum absolute atomic E-state index is 11.1. The Hall–Kier alpha value is -2.78. The smallest absolute Gasteiger partial charge is 0.162 e. The van der Waals surface area contributed by atoms with E-state index in [1.54, 1.807) is 6.20 Å². The molecule has 3 aromatic rings. The third kappa shape index (κ3) is 4.52. The molecule has 5 rings (SSSR count).